The maximum Gasteiger partial charge on any atom is 0.254 e. The van der Waals surface area contributed by atoms with Crippen LogP contribution in [-0.2, 0) is 13.2 Å². The number of hydrogen-bond acceptors (Lipinski definition) is 4. The first-order valence-corrected chi connectivity index (χ1v) is 10.6. The quantitative estimate of drug-likeness (QED) is 0.492. The molecule has 0 unspecified atom stereocenters. The number of aryl methyl sites for hydroxylation is 2. The van der Waals surface area contributed by atoms with Crippen molar-refractivity contribution in [3.8, 4) is 5.75 Å². The van der Waals surface area contributed by atoms with E-state index in [0.29, 0.717) is 25.3 Å². The summed E-state index contributed by atoms with van der Waals surface area (Å²) in [7, 11) is 3.95. The Balaban J connectivity index is 1.79. The molecule has 0 spiro atoms. The summed E-state index contributed by atoms with van der Waals surface area (Å²) in [5.74, 6) is 0.443. The average molecular weight is 436 g/mol. The van der Waals surface area contributed by atoms with Crippen molar-refractivity contribution in [2.45, 2.75) is 27.0 Å². The summed E-state index contributed by atoms with van der Waals surface area (Å²) in [6, 6.07) is 13.9. The molecule has 3 aromatic rings. The Morgan fingerprint density at radius 2 is 1.69 bits per heavy atom. The van der Waals surface area contributed by atoms with Gasteiger partial charge in [0.15, 0.2) is 0 Å². The molecule has 32 heavy (non-hydrogen) atoms. The molecule has 168 valence electrons. The van der Waals surface area contributed by atoms with E-state index in [-0.39, 0.29) is 11.7 Å². The molecule has 0 fully saturated rings. The fraction of sp³-hybridized carbons (Fsp3) is 0.308. The van der Waals surface area contributed by atoms with E-state index in [0.717, 1.165) is 34.5 Å². The minimum absolute atomic E-state index is 0.0545. The van der Waals surface area contributed by atoms with Gasteiger partial charge in [-0.2, -0.15) is 0 Å². The molecule has 5 nitrogen and oxygen atoms in total. The van der Waals surface area contributed by atoms with Gasteiger partial charge in [-0.05, 0) is 75.0 Å². The average Bonchev–Trinajstić information content (AvgIpc) is 2.77. The summed E-state index contributed by atoms with van der Waals surface area (Å²) in [5.41, 5.74) is 4.32. The molecule has 6 heteroatoms. The molecule has 0 saturated heterocycles. The van der Waals surface area contributed by atoms with Crippen LogP contribution in [-0.4, -0.2) is 47.9 Å². The predicted molar refractivity (Wildman–Crippen MR) is 124 cm³/mol. The van der Waals surface area contributed by atoms with E-state index in [4.69, 9.17) is 4.74 Å². The molecule has 0 atom stereocenters. The highest BCUT2D eigenvalue weighted by atomic mass is 19.1. The third-order valence-electron chi connectivity index (χ3n) is 5.20. The molecule has 2 aromatic carbocycles. The molecule has 3 rings (SSSR count). The van der Waals surface area contributed by atoms with E-state index in [1.54, 1.807) is 29.4 Å². The molecule has 0 bridgehead atoms. The van der Waals surface area contributed by atoms with Gasteiger partial charge in [-0.15, -0.1) is 0 Å². The van der Waals surface area contributed by atoms with Crippen LogP contribution >= 0.6 is 0 Å². The predicted octanol–water partition coefficient (Wildman–Crippen LogP) is 4.62. The highest BCUT2D eigenvalue weighted by Crippen LogP contribution is 2.27. The van der Waals surface area contributed by atoms with E-state index >= 15 is 0 Å². The molecule has 0 N–H and O–H groups in total. The van der Waals surface area contributed by atoms with Crippen LogP contribution in [0.3, 0.4) is 0 Å². The van der Waals surface area contributed by atoms with E-state index in [1.807, 2.05) is 57.1 Å². The van der Waals surface area contributed by atoms with Crippen LogP contribution in [0.5, 0.6) is 5.75 Å². The number of nitrogens with zero attached hydrogens (tertiary/aromatic N) is 3. The number of aromatic nitrogens is 1. The standard InChI is InChI=1S/C26H30FN3O2/c1-19-14-23(15-20(2)25(19)32-18-22-6-5-11-28-16-22)26(31)30(13-12-29(3)4)17-21-7-9-24(27)10-8-21/h5-11,14-16H,12-13,17-18H2,1-4H3. The highest BCUT2D eigenvalue weighted by molar-refractivity contribution is 5.95. The number of amides is 1. The van der Waals surface area contributed by atoms with Gasteiger partial charge >= 0.3 is 0 Å². The van der Waals surface area contributed by atoms with Crippen molar-refractivity contribution in [3.63, 3.8) is 0 Å². The van der Waals surface area contributed by atoms with E-state index in [1.165, 1.54) is 12.1 Å². The number of halogens is 1. The molecule has 1 aromatic heterocycles. The summed E-state index contributed by atoms with van der Waals surface area (Å²) in [6.45, 7) is 6.05. The van der Waals surface area contributed by atoms with Gasteiger partial charge in [0.25, 0.3) is 5.91 Å². The monoisotopic (exact) mass is 435 g/mol. The molecule has 0 aliphatic heterocycles. The Kier molecular flexibility index (Phi) is 7.95. The molecular weight excluding hydrogens is 405 g/mol. The van der Waals surface area contributed by atoms with Gasteiger partial charge < -0.3 is 14.5 Å². The molecule has 0 aliphatic carbocycles. The SMILES string of the molecule is Cc1cc(C(=O)N(CCN(C)C)Cc2ccc(F)cc2)cc(C)c1OCc1cccnc1. The van der Waals surface area contributed by atoms with Gasteiger partial charge in [-0.25, -0.2) is 4.39 Å². The van der Waals surface area contributed by atoms with Crippen molar-refractivity contribution in [3.05, 3.63) is 94.6 Å². The van der Waals surface area contributed by atoms with Crippen molar-refractivity contribution in [1.29, 1.82) is 0 Å². The third kappa shape index (κ3) is 6.37. The zero-order chi connectivity index (χ0) is 23.1. The van der Waals surface area contributed by atoms with E-state index in [9.17, 15) is 9.18 Å². The van der Waals surface area contributed by atoms with Crippen LogP contribution in [0.15, 0.2) is 60.9 Å². The minimum Gasteiger partial charge on any atom is -0.488 e. The lowest BCUT2D eigenvalue weighted by molar-refractivity contribution is 0.0731. The Hall–Kier alpha value is -3.25. The highest BCUT2D eigenvalue weighted by Gasteiger charge is 2.19. The van der Waals surface area contributed by atoms with Crippen molar-refractivity contribution in [2.75, 3.05) is 27.2 Å². The number of pyridine rings is 1. The first kappa shape index (κ1) is 23.4. The molecule has 1 amide bonds. The summed E-state index contributed by atoms with van der Waals surface area (Å²) < 4.78 is 19.3. The maximum absolute atomic E-state index is 13.4. The van der Waals surface area contributed by atoms with Crippen LogP contribution < -0.4 is 4.74 Å². The zero-order valence-corrected chi connectivity index (χ0v) is 19.1. The van der Waals surface area contributed by atoms with Crippen molar-refractivity contribution >= 4 is 5.91 Å². The largest absolute Gasteiger partial charge is 0.488 e. The summed E-state index contributed by atoms with van der Waals surface area (Å²) in [5, 5.41) is 0. The van der Waals surface area contributed by atoms with Crippen LogP contribution in [0.1, 0.15) is 32.6 Å². The molecular formula is C26H30FN3O2. The smallest absolute Gasteiger partial charge is 0.254 e. The molecule has 0 saturated carbocycles. The van der Waals surface area contributed by atoms with Crippen molar-refractivity contribution in [2.24, 2.45) is 0 Å². The van der Waals surface area contributed by atoms with Crippen LogP contribution in [0.4, 0.5) is 4.39 Å². The second kappa shape index (κ2) is 10.9. The fourth-order valence-electron chi connectivity index (χ4n) is 3.51. The Labute approximate surface area is 189 Å². The summed E-state index contributed by atoms with van der Waals surface area (Å²) in [4.78, 5) is 21.4. The fourth-order valence-corrected chi connectivity index (χ4v) is 3.51. The van der Waals surface area contributed by atoms with Crippen LogP contribution in [0, 0.1) is 19.7 Å². The summed E-state index contributed by atoms with van der Waals surface area (Å²) >= 11 is 0. The lowest BCUT2D eigenvalue weighted by Crippen LogP contribution is -2.36. The molecule has 0 aliphatic rings. The lowest BCUT2D eigenvalue weighted by atomic mass is 10.0. The first-order chi connectivity index (χ1) is 15.3. The van der Waals surface area contributed by atoms with Gasteiger partial charge in [-0.3, -0.25) is 9.78 Å². The van der Waals surface area contributed by atoms with Gasteiger partial charge in [0.05, 0.1) is 0 Å². The number of hydrogen-bond donors (Lipinski definition) is 0. The number of benzene rings is 2. The second-order valence-corrected chi connectivity index (χ2v) is 8.25. The number of ether oxygens (including phenoxy) is 1. The number of carbonyl (C=O) groups excluding carboxylic acids is 1. The zero-order valence-electron chi connectivity index (χ0n) is 19.1. The van der Waals surface area contributed by atoms with E-state index < -0.39 is 0 Å². The Bertz CT molecular complexity index is 1010. The topological polar surface area (TPSA) is 45.7 Å². The Morgan fingerprint density at radius 1 is 1.00 bits per heavy atom. The molecule has 0 radical (unpaired) electrons. The normalized spacial score (nSPS) is 10.9. The Morgan fingerprint density at radius 3 is 2.28 bits per heavy atom. The van der Waals surface area contributed by atoms with Gasteiger partial charge in [-0.1, -0.05) is 18.2 Å². The molecule has 1 heterocycles. The van der Waals surface area contributed by atoms with Gasteiger partial charge in [0, 0.05) is 43.2 Å². The van der Waals surface area contributed by atoms with E-state index in [2.05, 4.69) is 4.98 Å². The van der Waals surface area contributed by atoms with Gasteiger partial charge in [0.1, 0.15) is 18.2 Å². The third-order valence-corrected chi connectivity index (χ3v) is 5.20. The lowest BCUT2D eigenvalue weighted by Gasteiger charge is -2.25. The minimum atomic E-state index is -0.284. The van der Waals surface area contributed by atoms with Crippen molar-refractivity contribution in [1.82, 2.24) is 14.8 Å². The summed E-state index contributed by atoms with van der Waals surface area (Å²) in [6.07, 6.45) is 3.51. The maximum atomic E-state index is 13.4. The van der Waals surface area contributed by atoms with Crippen LogP contribution in [0.2, 0.25) is 0 Å². The van der Waals surface area contributed by atoms with Crippen LogP contribution in [0.25, 0.3) is 0 Å². The number of carbonyl (C=O) groups is 1. The van der Waals surface area contributed by atoms with Crippen molar-refractivity contribution < 1.29 is 13.9 Å². The number of rotatable bonds is 9. The van der Waals surface area contributed by atoms with Gasteiger partial charge in [0.2, 0.25) is 0 Å². The first-order valence-electron chi connectivity index (χ1n) is 10.6. The second-order valence-electron chi connectivity index (χ2n) is 8.25. The number of likely N-dealkylation sites (N-methyl/N-ethyl adjacent to an activating group) is 1.